The summed E-state index contributed by atoms with van der Waals surface area (Å²) in [6.45, 7) is 13.0. The van der Waals surface area contributed by atoms with Crippen LogP contribution in [0.2, 0.25) is 0 Å². The lowest BCUT2D eigenvalue weighted by Gasteiger charge is -2.60. The van der Waals surface area contributed by atoms with Gasteiger partial charge in [-0.1, -0.05) is 137 Å². The highest BCUT2D eigenvalue weighted by atomic mass is 16.7. The third-order valence-electron chi connectivity index (χ3n) is 15.5. The Kier molecular flexibility index (Phi) is 22.1. The van der Waals surface area contributed by atoms with Crippen LogP contribution in [-0.4, -0.2) is 81.5 Å². The van der Waals surface area contributed by atoms with E-state index in [1.165, 1.54) is 63.2 Å². The van der Waals surface area contributed by atoms with E-state index < -0.39 is 34.4 Å². The number of nitro benzene ring substituents is 1. The molecule has 3 N–H and O–H groups in total. The standard InChI is InChI=1S/C64H84N4O10/c1-6-8-9-10-11-12-13-14-15-20-38-65-62(72)76-51-35-36-57-55(43-51)60-53(29-19-22-40-70)48(25-18-21-39-69)42-54-56(66-78-63(3,4)5)44-58(64(77-57,61(54)60)75-41-7-2)67(45-49-27-23-26-47-24-16-17-28-52(47)49)59(71)37-32-46-30-33-50(34-31-46)68(73)74/h7,16-17,23-24,26-28,30-37,42-43,48,53,58,60-61,69-70H,2,6,8-15,18-22,25,29,38-41,44-45H2,1,3-5H3,(H,65,72)/t48-,53+,58-,60+,61+,64+/m0/s1. The molecule has 0 saturated heterocycles. The number of aliphatic hydroxyl groups excluding tert-OH is 2. The number of hydrogen-bond acceptors (Lipinski definition) is 11. The molecule has 0 radical (unpaired) electrons. The second-order valence-corrected chi connectivity index (χ2v) is 22.3. The average Bonchev–Trinajstić information content (AvgIpc) is 3.02. The van der Waals surface area contributed by atoms with Crippen LogP contribution < -0.4 is 14.8 Å². The minimum Gasteiger partial charge on any atom is -0.459 e. The molecule has 1 aliphatic heterocycles. The number of oxime groups is 1. The topological polar surface area (TPSA) is 182 Å². The number of carbonyl (C=O) groups excluding carboxylic acids is 2. The van der Waals surface area contributed by atoms with Gasteiger partial charge in [0.25, 0.3) is 5.69 Å². The van der Waals surface area contributed by atoms with E-state index in [4.69, 9.17) is 24.2 Å². The van der Waals surface area contributed by atoms with Gasteiger partial charge < -0.3 is 39.5 Å². The van der Waals surface area contributed by atoms with Crippen LogP contribution in [0.3, 0.4) is 0 Å². The van der Waals surface area contributed by atoms with E-state index >= 15 is 4.79 Å². The molecule has 1 saturated carbocycles. The van der Waals surface area contributed by atoms with Crippen molar-refractivity contribution >= 4 is 40.2 Å². The number of allylic oxidation sites excluding steroid dienone is 1. The Balaban J connectivity index is 1.34. The van der Waals surface area contributed by atoms with Crippen molar-refractivity contribution in [1.82, 2.24) is 10.2 Å². The number of rotatable bonds is 30. The van der Waals surface area contributed by atoms with Crippen molar-refractivity contribution in [1.29, 1.82) is 0 Å². The van der Waals surface area contributed by atoms with Crippen LogP contribution in [0.5, 0.6) is 11.5 Å². The molecular formula is C64H84N4O10. The molecule has 14 heteroatoms. The SMILES string of the molecule is C=CCO[C@@]12Oc3ccc(OC(=O)NCCCCCCCCCCCC)cc3[C@H]3[C@H](CCCCO)[C@@H](CCCCO)C=C(C(=NOC(C)(C)C)C[C@@H]1N(Cc1cccc4ccccc14)C(=O)C=Cc1ccc([N+](=O)[O-])cc1)[C@H]32. The maximum absolute atomic E-state index is 15.5. The molecule has 14 nitrogen and oxygen atoms in total. The lowest BCUT2D eigenvalue weighted by Crippen LogP contribution is -2.70. The van der Waals surface area contributed by atoms with Gasteiger partial charge in [-0.2, -0.15) is 0 Å². The molecule has 0 spiro atoms. The number of nitrogens with one attached hydrogen (secondary N) is 1. The maximum Gasteiger partial charge on any atom is 0.412 e. The zero-order chi connectivity index (χ0) is 55.5. The van der Waals surface area contributed by atoms with Crippen molar-refractivity contribution in [3.8, 4) is 11.5 Å². The summed E-state index contributed by atoms with van der Waals surface area (Å²) in [5.41, 5.74) is 3.10. The largest absolute Gasteiger partial charge is 0.459 e. The molecule has 0 unspecified atom stereocenters. The van der Waals surface area contributed by atoms with Gasteiger partial charge in [0.05, 0.1) is 23.2 Å². The van der Waals surface area contributed by atoms with E-state index in [0.717, 1.165) is 72.4 Å². The van der Waals surface area contributed by atoms with Gasteiger partial charge in [0, 0.05) is 62.4 Å². The Labute approximate surface area is 462 Å². The second kappa shape index (κ2) is 29.0. The number of fused-ring (bicyclic) bond motifs is 3. The second-order valence-electron chi connectivity index (χ2n) is 22.3. The highest BCUT2D eigenvalue weighted by Crippen LogP contribution is 2.62. The summed E-state index contributed by atoms with van der Waals surface area (Å²) < 4.78 is 20.9. The van der Waals surface area contributed by atoms with Gasteiger partial charge in [-0.15, -0.1) is 6.58 Å². The number of non-ortho nitro benzene ring substituents is 1. The molecule has 4 aromatic rings. The zero-order valence-electron chi connectivity index (χ0n) is 46.5. The zero-order valence-corrected chi connectivity index (χ0v) is 46.5. The van der Waals surface area contributed by atoms with Crippen LogP contribution in [-0.2, 0) is 20.9 Å². The van der Waals surface area contributed by atoms with Gasteiger partial charge in [-0.3, -0.25) is 14.9 Å². The summed E-state index contributed by atoms with van der Waals surface area (Å²) in [5, 5.41) is 41.7. The van der Waals surface area contributed by atoms with Crippen molar-refractivity contribution in [3.63, 3.8) is 0 Å². The predicted molar refractivity (Wildman–Crippen MR) is 308 cm³/mol. The predicted octanol–water partition coefficient (Wildman–Crippen LogP) is 13.9. The summed E-state index contributed by atoms with van der Waals surface area (Å²) in [7, 11) is 0. The third kappa shape index (κ3) is 15.5. The molecule has 7 rings (SSSR count). The molecule has 420 valence electrons. The van der Waals surface area contributed by atoms with Gasteiger partial charge >= 0.3 is 6.09 Å². The van der Waals surface area contributed by atoms with Crippen LogP contribution in [0.4, 0.5) is 10.5 Å². The summed E-state index contributed by atoms with van der Waals surface area (Å²) in [6.07, 6.45) is 22.9. The normalized spacial score (nSPS) is 21.1. The van der Waals surface area contributed by atoms with Crippen molar-refractivity contribution in [3.05, 3.63) is 142 Å². The van der Waals surface area contributed by atoms with Crippen LogP contribution in [0.25, 0.3) is 16.8 Å². The first kappa shape index (κ1) is 59.3. The number of ether oxygens (including phenoxy) is 3. The Morgan fingerprint density at radius 3 is 2.27 bits per heavy atom. The number of hydrogen-bond donors (Lipinski definition) is 3. The van der Waals surface area contributed by atoms with Gasteiger partial charge in [-0.05, 0) is 129 Å². The number of aliphatic hydroxyl groups is 2. The van der Waals surface area contributed by atoms with Gasteiger partial charge in [0.15, 0.2) is 0 Å². The molecule has 0 bridgehead atoms. The van der Waals surface area contributed by atoms with Gasteiger partial charge in [0.1, 0.15) is 23.1 Å². The average molecular weight is 1070 g/mol. The number of unbranched alkanes of at least 4 members (excludes halogenated alkanes) is 11. The van der Waals surface area contributed by atoms with Crippen molar-refractivity contribution in [2.24, 2.45) is 22.9 Å². The molecular weight excluding hydrogens is 985 g/mol. The molecule has 2 aliphatic carbocycles. The first-order valence-corrected chi connectivity index (χ1v) is 28.7. The van der Waals surface area contributed by atoms with E-state index in [2.05, 4.69) is 24.9 Å². The van der Waals surface area contributed by atoms with Crippen molar-refractivity contribution in [2.45, 2.75) is 167 Å². The van der Waals surface area contributed by atoms with Crippen molar-refractivity contribution in [2.75, 3.05) is 26.4 Å². The number of nitrogens with zero attached hydrogens (tertiary/aromatic N) is 3. The molecule has 2 amide bonds. The van der Waals surface area contributed by atoms with Crippen LogP contribution in [0.1, 0.15) is 159 Å². The molecule has 6 atom stereocenters. The maximum atomic E-state index is 15.5. The Morgan fingerprint density at radius 2 is 1.58 bits per heavy atom. The molecule has 0 aromatic heterocycles. The Bertz CT molecular complexity index is 2710. The summed E-state index contributed by atoms with van der Waals surface area (Å²) >= 11 is 0. The first-order valence-electron chi connectivity index (χ1n) is 28.7. The molecule has 3 aliphatic rings. The molecule has 4 aromatic carbocycles. The van der Waals surface area contributed by atoms with E-state index in [1.54, 1.807) is 30.4 Å². The van der Waals surface area contributed by atoms with Crippen LogP contribution in [0, 0.1) is 27.9 Å². The summed E-state index contributed by atoms with van der Waals surface area (Å²) in [6, 6.07) is 24.8. The van der Waals surface area contributed by atoms with Crippen LogP contribution >= 0.6 is 0 Å². The minimum absolute atomic E-state index is 0.0158. The number of carbonyl (C=O) groups is 2. The monoisotopic (exact) mass is 1070 g/mol. The minimum atomic E-state index is -1.57. The Hall–Kier alpha value is -6.35. The van der Waals surface area contributed by atoms with E-state index in [-0.39, 0.29) is 62.1 Å². The molecule has 1 fully saturated rings. The fourth-order valence-corrected chi connectivity index (χ4v) is 11.8. The van der Waals surface area contributed by atoms with Crippen LogP contribution in [0.15, 0.2) is 120 Å². The lowest BCUT2D eigenvalue weighted by atomic mass is 9.55. The summed E-state index contributed by atoms with van der Waals surface area (Å²) in [4.78, 5) is 48.3. The summed E-state index contributed by atoms with van der Waals surface area (Å²) in [5.74, 6) is -2.09. The number of benzene rings is 4. The quantitative estimate of drug-likeness (QED) is 0.0149. The van der Waals surface area contributed by atoms with E-state index in [0.29, 0.717) is 42.2 Å². The van der Waals surface area contributed by atoms with E-state index in [9.17, 15) is 25.1 Å². The fourth-order valence-electron chi connectivity index (χ4n) is 11.8. The lowest BCUT2D eigenvalue weighted by molar-refractivity contribution is -0.384. The van der Waals surface area contributed by atoms with E-state index in [1.807, 2.05) is 80.3 Å². The fraction of sp³-hybridized carbons (Fsp3) is 0.516. The number of amides is 2. The molecule has 1 heterocycles. The van der Waals surface area contributed by atoms with Gasteiger partial charge in [0.2, 0.25) is 11.7 Å². The Morgan fingerprint density at radius 1 is 0.885 bits per heavy atom. The van der Waals surface area contributed by atoms with Gasteiger partial charge in [-0.25, -0.2) is 4.79 Å². The highest BCUT2D eigenvalue weighted by molar-refractivity contribution is 6.03. The first-order chi connectivity index (χ1) is 37.8. The third-order valence-corrected chi connectivity index (χ3v) is 15.5. The smallest absolute Gasteiger partial charge is 0.412 e. The van der Waals surface area contributed by atoms with Crippen molar-refractivity contribution < 1.29 is 43.8 Å². The highest BCUT2D eigenvalue weighted by Gasteiger charge is 2.65. The molecule has 78 heavy (non-hydrogen) atoms. The number of nitro groups is 1.